The highest BCUT2D eigenvalue weighted by molar-refractivity contribution is 5.70. The highest BCUT2D eigenvalue weighted by Gasteiger charge is 2.72. The van der Waals surface area contributed by atoms with Gasteiger partial charge in [0.15, 0.2) is 23.8 Å². The maximum atomic E-state index is 14.6. The molecule has 8 aliphatic heterocycles. The van der Waals surface area contributed by atoms with Crippen LogP contribution in [-0.2, 0) is 43.2 Å². The lowest BCUT2D eigenvalue weighted by Crippen LogP contribution is -2.72. The molecular weight excluding hydrogens is 666 g/mol. The molecule has 11 heteroatoms. The summed E-state index contributed by atoms with van der Waals surface area (Å²) in [4.78, 5) is 41.6. The first-order valence-corrected chi connectivity index (χ1v) is 20.6. The molecule has 10 aliphatic rings. The van der Waals surface area contributed by atoms with Crippen molar-refractivity contribution in [2.24, 2.45) is 47.3 Å². The van der Waals surface area contributed by atoms with Crippen LogP contribution < -0.4 is 0 Å². The molecule has 8 saturated heterocycles. The fraction of sp³-hybridized carbons (Fsp3) is 0.976. The Hall–Kier alpha value is -1.05. The Morgan fingerprint density at radius 2 is 1.15 bits per heavy atom. The first kappa shape index (κ1) is 37.9. The second kappa shape index (κ2) is 12.5. The Kier molecular flexibility index (Phi) is 9.08. The quantitative estimate of drug-likeness (QED) is 0.262. The van der Waals surface area contributed by atoms with Crippen LogP contribution in [0.1, 0.15) is 141 Å². The molecule has 1 amide bonds. The van der Waals surface area contributed by atoms with Gasteiger partial charge in [-0.15, -0.1) is 0 Å². The van der Waals surface area contributed by atoms with E-state index in [9.17, 15) is 4.79 Å². The standard InChI is InChI=1S/C41H67NO10/c1-22-13-15-28-24(3)30(44-33-40(28)26(22)17-19-38(11,47-33)49-51-40)21-31(45-35(43)42(36(5,6)7)37(8,9)10)32-25(4)29-16-14-23(2)27-18-20-39(12)48-34(46-32)41(27,29)52-50-39/h22-34H,13-21H2,1-12H3/t22-,23-,24-,25-,26+,27+,28+,29+,30-,31+,32?,33-,34-,38+,39+,40?,41?/m1/s1. The molecule has 0 N–H and O–H groups in total. The van der Waals surface area contributed by atoms with E-state index < -0.39 is 58.6 Å². The minimum Gasteiger partial charge on any atom is -0.443 e. The largest absolute Gasteiger partial charge is 0.443 e. The van der Waals surface area contributed by atoms with Crippen molar-refractivity contribution in [3.05, 3.63) is 0 Å². The van der Waals surface area contributed by atoms with E-state index in [-0.39, 0.29) is 47.7 Å². The predicted octanol–water partition coefficient (Wildman–Crippen LogP) is 8.28. The number of carbonyl (C=O) groups is 1. The van der Waals surface area contributed by atoms with Gasteiger partial charge < -0.3 is 23.7 Å². The van der Waals surface area contributed by atoms with Crippen molar-refractivity contribution < 1.29 is 48.0 Å². The van der Waals surface area contributed by atoms with Crippen molar-refractivity contribution in [1.82, 2.24) is 4.90 Å². The molecule has 0 aromatic rings. The van der Waals surface area contributed by atoms with Crippen molar-refractivity contribution >= 4 is 6.09 Å². The molecule has 296 valence electrons. The van der Waals surface area contributed by atoms with Gasteiger partial charge in [-0.05, 0) is 129 Å². The molecule has 52 heavy (non-hydrogen) atoms. The van der Waals surface area contributed by atoms with Crippen LogP contribution in [0.2, 0.25) is 0 Å². The van der Waals surface area contributed by atoms with Crippen LogP contribution in [0, 0.1) is 47.3 Å². The van der Waals surface area contributed by atoms with Crippen LogP contribution in [0.5, 0.6) is 0 Å². The molecule has 4 bridgehead atoms. The number of hydrogen-bond donors (Lipinski definition) is 0. The topological polar surface area (TPSA) is 103 Å². The Morgan fingerprint density at radius 1 is 0.673 bits per heavy atom. The molecule has 10 fully saturated rings. The summed E-state index contributed by atoms with van der Waals surface area (Å²) < 4.78 is 34.6. The van der Waals surface area contributed by atoms with Gasteiger partial charge >= 0.3 is 6.09 Å². The summed E-state index contributed by atoms with van der Waals surface area (Å²) in [5.74, 6) is 0.0189. The molecular formula is C41H67NO10. The fourth-order valence-corrected chi connectivity index (χ4v) is 12.8. The van der Waals surface area contributed by atoms with Crippen molar-refractivity contribution in [2.45, 2.75) is 206 Å². The maximum absolute atomic E-state index is 14.6. The number of ether oxygens (including phenoxy) is 5. The van der Waals surface area contributed by atoms with Gasteiger partial charge in [0.05, 0.1) is 6.10 Å². The third-order valence-electron chi connectivity index (χ3n) is 15.1. The minimum atomic E-state index is -0.900. The van der Waals surface area contributed by atoms with E-state index in [1.807, 2.05) is 18.7 Å². The van der Waals surface area contributed by atoms with Crippen molar-refractivity contribution in [1.29, 1.82) is 0 Å². The average Bonchev–Trinajstić information content (AvgIpc) is 3.41. The Labute approximate surface area is 311 Å². The predicted molar refractivity (Wildman–Crippen MR) is 190 cm³/mol. The van der Waals surface area contributed by atoms with Gasteiger partial charge in [0.2, 0.25) is 11.6 Å². The molecule has 17 atom stereocenters. The van der Waals surface area contributed by atoms with Crippen molar-refractivity contribution in [3.63, 3.8) is 0 Å². The van der Waals surface area contributed by atoms with Crippen molar-refractivity contribution in [2.75, 3.05) is 0 Å². The lowest BCUT2D eigenvalue weighted by atomic mass is 9.56. The molecule has 10 rings (SSSR count). The van der Waals surface area contributed by atoms with E-state index in [0.717, 1.165) is 51.4 Å². The van der Waals surface area contributed by atoms with E-state index in [0.29, 0.717) is 18.3 Å². The molecule has 8 heterocycles. The molecule has 0 aromatic heterocycles. The highest BCUT2D eigenvalue weighted by atomic mass is 17.3. The molecule has 3 unspecified atom stereocenters. The summed E-state index contributed by atoms with van der Waals surface area (Å²) in [7, 11) is 0. The van der Waals surface area contributed by atoms with Crippen LogP contribution in [-0.4, -0.2) is 75.7 Å². The van der Waals surface area contributed by atoms with Crippen LogP contribution >= 0.6 is 0 Å². The Balaban J connectivity index is 1.15. The first-order valence-electron chi connectivity index (χ1n) is 20.6. The second-order valence-electron chi connectivity index (χ2n) is 20.6. The van der Waals surface area contributed by atoms with Gasteiger partial charge in [0.25, 0.3) is 0 Å². The van der Waals surface area contributed by atoms with Gasteiger partial charge in [-0.2, -0.15) is 0 Å². The van der Waals surface area contributed by atoms with Crippen LogP contribution in [0.3, 0.4) is 0 Å². The summed E-state index contributed by atoms with van der Waals surface area (Å²) in [5.41, 5.74) is -2.34. The smallest absolute Gasteiger partial charge is 0.411 e. The summed E-state index contributed by atoms with van der Waals surface area (Å²) in [6, 6.07) is 0. The summed E-state index contributed by atoms with van der Waals surface area (Å²) >= 11 is 0. The zero-order chi connectivity index (χ0) is 37.4. The lowest BCUT2D eigenvalue weighted by Gasteiger charge is -2.62. The van der Waals surface area contributed by atoms with E-state index in [4.69, 9.17) is 43.2 Å². The van der Waals surface area contributed by atoms with Gasteiger partial charge in [0.1, 0.15) is 12.2 Å². The van der Waals surface area contributed by atoms with E-state index in [1.54, 1.807) is 0 Å². The monoisotopic (exact) mass is 733 g/mol. The fourth-order valence-electron chi connectivity index (χ4n) is 12.8. The number of amides is 1. The summed E-state index contributed by atoms with van der Waals surface area (Å²) in [6.45, 7) is 25.4. The van der Waals surface area contributed by atoms with Crippen LogP contribution in [0.15, 0.2) is 0 Å². The van der Waals surface area contributed by atoms with E-state index in [1.165, 1.54) is 0 Å². The second-order valence-corrected chi connectivity index (χ2v) is 20.6. The third-order valence-corrected chi connectivity index (χ3v) is 15.1. The molecule has 2 saturated carbocycles. The number of carbonyl (C=O) groups excluding carboxylic acids is 1. The molecule has 11 nitrogen and oxygen atoms in total. The maximum Gasteiger partial charge on any atom is 0.411 e. The minimum absolute atomic E-state index is 0.0117. The Bertz CT molecular complexity index is 1370. The molecule has 2 spiro atoms. The molecule has 0 aromatic carbocycles. The van der Waals surface area contributed by atoms with E-state index in [2.05, 4.69) is 69.2 Å². The first-order chi connectivity index (χ1) is 24.2. The Morgan fingerprint density at radius 3 is 1.65 bits per heavy atom. The molecule has 0 radical (unpaired) electrons. The van der Waals surface area contributed by atoms with Gasteiger partial charge in [-0.1, -0.05) is 27.7 Å². The van der Waals surface area contributed by atoms with Gasteiger partial charge in [-0.25, -0.2) is 24.3 Å². The summed E-state index contributed by atoms with van der Waals surface area (Å²) in [5, 5.41) is 0. The number of hydrogen-bond acceptors (Lipinski definition) is 10. The SMILES string of the molecule is C[C@H]1[C@@H](C[C@H](OC(=O)N(C(C)(C)C)C(C)(C)C)C2O[C@@H]3O[C@]4(C)CC[C@H]5[C@H](C)CC[C@@H]([C@H]2C)C35OO4)O[C@@H]2O[C@]3(C)CC[C@H]4[C@H](C)CC[C@@H]1C24OO3. The van der Waals surface area contributed by atoms with Crippen molar-refractivity contribution in [3.8, 4) is 0 Å². The van der Waals surface area contributed by atoms with Crippen LogP contribution in [0.25, 0.3) is 0 Å². The third kappa shape index (κ3) is 5.66. The van der Waals surface area contributed by atoms with Gasteiger partial charge in [-0.3, -0.25) is 4.90 Å². The average molecular weight is 734 g/mol. The summed E-state index contributed by atoms with van der Waals surface area (Å²) in [6.07, 6.45) is 5.13. The zero-order valence-corrected chi connectivity index (χ0v) is 33.9. The normalized spacial score (nSPS) is 51.8. The highest BCUT2D eigenvalue weighted by Crippen LogP contribution is 2.63. The number of rotatable bonds is 4. The zero-order valence-electron chi connectivity index (χ0n) is 33.9. The van der Waals surface area contributed by atoms with Gasteiger partial charge in [0, 0.05) is 42.2 Å². The van der Waals surface area contributed by atoms with E-state index >= 15 is 0 Å². The number of fused-ring (bicyclic) bond motifs is 4. The lowest BCUT2D eigenvalue weighted by molar-refractivity contribution is -0.573. The molecule has 2 aliphatic carbocycles. The number of nitrogens with zero attached hydrogens (tertiary/aromatic N) is 1. The van der Waals surface area contributed by atoms with Crippen LogP contribution in [0.4, 0.5) is 4.79 Å².